The van der Waals surface area contributed by atoms with E-state index in [9.17, 15) is 0 Å². The molecule has 0 aromatic carbocycles. The number of hydrogen-bond donors (Lipinski definition) is 2. The molecule has 0 spiro atoms. The third-order valence-corrected chi connectivity index (χ3v) is 2.01. The molecule has 0 fully saturated rings. The predicted octanol–water partition coefficient (Wildman–Crippen LogP) is 2.14. The number of nitrogens with one attached hydrogen (secondary N) is 1. The van der Waals surface area contributed by atoms with Crippen LogP contribution < -0.4 is 11.1 Å². The van der Waals surface area contributed by atoms with E-state index in [1.165, 1.54) is 0 Å². The van der Waals surface area contributed by atoms with Crippen molar-refractivity contribution in [2.45, 2.75) is 53.0 Å². The maximum atomic E-state index is 6.09. The molecule has 0 aliphatic rings. The highest BCUT2D eigenvalue weighted by molar-refractivity contribution is 4.81. The van der Waals surface area contributed by atoms with Crippen LogP contribution in [0.15, 0.2) is 0 Å². The average molecular weight is 186 g/mol. The van der Waals surface area contributed by atoms with Crippen LogP contribution in [0.25, 0.3) is 0 Å². The predicted molar refractivity (Wildman–Crippen MR) is 59.8 cm³/mol. The van der Waals surface area contributed by atoms with Gasteiger partial charge in [0.05, 0.1) is 0 Å². The lowest BCUT2D eigenvalue weighted by molar-refractivity contribution is 0.334. The molecule has 1 atom stereocenters. The Hall–Kier alpha value is -0.0800. The summed E-state index contributed by atoms with van der Waals surface area (Å²) in [5.74, 6) is 0. The van der Waals surface area contributed by atoms with E-state index >= 15 is 0 Å². The highest BCUT2D eigenvalue weighted by Crippen LogP contribution is 2.12. The maximum absolute atomic E-state index is 6.09. The lowest BCUT2D eigenvalue weighted by atomic mass is 9.94. The van der Waals surface area contributed by atoms with E-state index in [-0.39, 0.29) is 5.54 Å². The first-order valence-corrected chi connectivity index (χ1v) is 5.26. The smallest absolute Gasteiger partial charge is 0.0252 e. The van der Waals surface area contributed by atoms with Crippen molar-refractivity contribution in [2.75, 3.05) is 13.1 Å². The van der Waals surface area contributed by atoms with Crippen LogP contribution in [0.4, 0.5) is 0 Å². The minimum absolute atomic E-state index is 0.0417. The van der Waals surface area contributed by atoms with Crippen molar-refractivity contribution >= 4 is 0 Å². The van der Waals surface area contributed by atoms with E-state index < -0.39 is 0 Å². The van der Waals surface area contributed by atoms with Crippen LogP contribution >= 0.6 is 0 Å². The van der Waals surface area contributed by atoms with Gasteiger partial charge in [0.25, 0.3) is 0 Å². The summed E-state index contributed by atoms with van der Waals surface area (Å²) in [7, 11) is 0. The molecular weight excluding hydrogens is 160 g/mol. The third kappa shape index (κ3) is 8.26. The Bertz CT molecular complexity index is 134. The number of hydrogen-bond acceptors (Lipinski definition) is 2. The van der Waals surface area contributed by atoms with Crippen LogP contribution in [0.2, 0.25) is 0 Å². The second kappa shape index (κ2) is 4.97. The first kappa shape index (κ1) is 12.9. The van der Waals surface area contributed by atoms with E-state index in [4.69, 9.17) is 5.73 Å². The van der Waals surface area contributed by atoms with Gasteiger partial charge in [0, 0.05) is 18.6 Å². The van der Waals surface area contributed by atoms with E-state index in [0.717, 1.165) is 25.9 Å². The van der Waals surface area contributed by atoms with Crippen molar-refractivity contribution in [1.82, 2.24) is 5.32 Å². The van der Waals surface area contributed by atoms with Gasteiger partial charge >= 0.3 is 0 Å². The molecule has 0 radical (unpaired) electrons. The zero-order valence-electron chi connectivity index (χ0n) is 9.91. The molecule has 0 aliphatic carbocycles. The molecule has 0 aliphatic heterocycles. The average Bonchev–Trinajstić information content (AvgIpc) is 1.82. The van der Waals surface area contributed by atoms with Crippen molar-refractivity contribution in [3.63, 3.8) is 0 Å². The highest BCUT2D eigenvalue weighted by atomic mass is 14.9. The summed E-state index contributed by atoms with van der Waals surface area (Å²) >= 11 is 0. The molecule has 0 bridgehead atoms. The lowest BCUT2D eigenvalue weighted by Crippen LogP contribution is -2.47. The fourth-order valence-corrected chi connectivity index (χ4v) is 1.38. The molecule has 1 unspecified atom stereocenters. The van der Waals surface area contributed by atoms with Crippen LogP contribution in [0, 0.1) is 5.41 Å². The van der Waals surface area contributed by atoms with Gasteiger partial charge in [-0.05, 0) is 18.8 Å². The van der Waals surface area contributed by atoms with Crippen molar-refractivity contribution in [3.05, 3.63) is 0 Å². The SMILES string of the molecule is CCCC(C)(N)CNCC(C)(C)C. The number of rotatable bonds is 5. The first-order chi connectivity index (χ1) is 5.77. The van der Waals surface area contributed by atoms with Crippen LogP contribution in [-0.4, -0.2) is 18.6 Å². The Labute approximate surface area is 83.3 Å². The minimum atomic E-state index is -0.0417. The van der Waals surface area contributed by atoms with Crippen molar-refractivity contribution in [3.8, 4) is 0 Å². The molecule has 0 saturated carbocycles. The fraction of sp³-hybridized carbons (Fsp3) is 1.00. The Kier molecular flexibility index (Phi) is 4.93. The Morgan fingerprint density at radius 3 is 2.00 bits per heavy atom. The normalized spacial score (nSPS) is 17.1. The van der Waals surface area contributed by atoms with Gasteiger partial charge in [-0.25, -0.2) is 0 Å². The molecule has 3 N–H and O–H groups in total. The first-order valence-electron chi connectivity index (χ1n) is 5.26. The summed E-state index contributed by atoms with van der Waals surface area (Å²) in [5, 5.41) is 3.43. The largest absolute Gasteiger partial charge is 0.324 e. The zero-order valence-corrected chi connectivity index (χ0v) is 9.91. The summed E-state index contributed by atoms with van der Waals surface area (Å²) in [6, 6.07) is 0. The summed E-state index contributed by atoms with van der Waals surface area (Å²) in [6.45, 7) is 12.9. The molecule has 2 heteroatoms. The Morgan fingerprint density at radius 1 is 1.08 bits per heavy atom. The van der Waals surface area contributed by atoms with E-state index in [2.05, 4.69) is 39.9 Å². The van der Waals surface area contributed by atoms with Gasteiger partial charge in [0.1, 0.15) is 0 Å². The monoisotopic (exact) mass is 186 g/mol. The zero-order chi connectivity index (χ0) is 10.5. The summed E-state index contributed by atoms with van der Waals surface area (Å²) in [6.07, 6.45) is 2.24. The van der Waals surface area contributed by atoms with E-state index in [1.807, 2.05) is 0 Å². The van der Waals surface area contributed by atoms with Gasteiger partial charge in [-0.3, -0.25) is 0 Å². The lowest BCUT2D eigenvalue weighted by Gasteiger charge is -2.27. The van der Waals surface area contributed by atoms with Crippen molar-refractivity contribution in [2.24, 2.45) is 11.1 Å². The minimum Gasteiger partial charge on any atom is -0.324 e. The second-order valence-electron chi connectivity index (χ2n) is 5.57. The fourth-order valence-electron chi connectivity index (χ4n) is 1.38. The summed E-state index contributed by atoms with van der Waals surface area (Å²) in [4.78, 5) is 0. The van der Waals surface area contributed by atoms with Gasteiger partial charge in [0.15, 0.2) is 0 Å². The van der Waals surface area contributed by atoms with Crippen LogP contribution in [0.5, 0.6) is 0 Å². The quantitative estimate of drug-likeness (QED) is 0.690. The molecule has 0 amide bonds. The Balaban J connectivity index is 3.63. The van der Waals surface area contributed by atoms with E-state index in [1.54, 1.807) is 0 Å². The number of nitrogens with two attached hydrogens (primary N) is 1. The molecule has 0 saturated heterocycles. The van der Waals surface area contributed by atoms with Crippen molar-refractivity contribution in [1.29, 1.82) is 0 Å². The van der Waals surface area contributed by atoms with Crippen LogP contribution in [-0.2, 0) is 0 Å². The van der Waals surface area contributed by atoms with Gasteiger partial charge in [-0.1, -0.05) is 34.1 Å². The molecule has 2 nitrogen and oxygen atoms in total. The second-order valence-corrected chi connectivity index (χ2v) is 5.57. The molecule has 0 heterocycles. The standard InChI is InChI=1S/C11H26N2/c1-6-7-11(5,12)9-13-8-10(2,3)4/h13H,6-9,12H2,1-5H3. The molecule has 0 aromatic rings. The summed E-state index contributed by atoms with van der Waals surface area (Å²) in [5.41, 5.74) is 6.40. The van der Waals surface area contributed by atoms with E-state index in [0.29, 0.717) is 5.41 Å². The molecule has 13 heavy (non-hydrogen) atoms. The van der Waals surface area contributed by atoms with Gasteiger partial charge in [-0.2, -0.15) is 0 Å². The molecular formula is C11H26N2. The third-order valence-electron chi connectivity index (χ3n) is 2.01. The molecule has 0 rings (SSSR count). The van der Waals surface area contributed by atoms with Crippen LogP contribution in [0.1, 0.15) is 47.5 Å². The maximum Gasteiger partial charge on any atom is 0.0252 e. The van der Waals surface area contributed by atoms with Gasteiger partial charge in [-0.15, -0.1) is 0 Å². The van der Waals surface area contributed by atoms with Gasteiger partial charge < -0.3 is 11.1 Å². The summed E-state index contributed by atoms with van der Waals surface area (Å²) < 4.78 is 0. The van der Waals surface area contributed by atoms with Gasteiger partial charge in [0.2, 0.25) is 0 Å². The molecule has 0 aromatic heterocycles. The topological polar surface area (TPSA) is 38.0 Å². The highest BCUT2D eigenvalue weighted by Gasteiger charge is 2.17. The Morgan fingerprint density at radius 2 is 1.62 bits per heavy atom. The van der Waals surface area contributed by atoms with Crippen LogP contribution in [0.3, 0.4) is 0 Å². The van der Waals surface area contributed by atoms with Crippen molar-refractivity contribution < 1.29 is 0 Å². The molecule has 80 valence electrons.